The molecule has 1 heterocycles. The fourth-order valence-electron chi connectivity index (χ4n) is 2.79. The summed E-state index contributed by atoms with van der Waals surface area (Å²) >= 11 is 1.49. The number of amides is 1. The topological polar surface area (TPSA) is 69.1 Å². The molecule has 2 aromatic carbocycles. The minimum Gasteiger partial charge on any atom is -0.322 e. The van der Waals surface area contributed by atoms with Crippen molar-refractivity contribution in [2.24, 2.45) is 0 Å². The van der Waals surface area contributed by atoms with E-state index in [2.05, 4.69) is 22.1 Å². The van der Waals surface area contributed by atoms with Crippen LogP contribution >= 0.6 is 11.3 Å². The van der Waals surface area contributed by atoms with E-state index in [9.17, 15) is 4.79 Å². The van der Waals surface area contributed by atoms with Crippen LogP contribution in [0.5, 0.6) is 0 Å². The molecule has 0 spiro atoms. The molecule has 6 heteroatoms. The molecule has 3 aromatic rings. The molecule has 0 saturated heterocycles. The van der Waals surface area contributed by atoms with Gasteiger partial charge in [0.15, 0.2) is 0 Å². The number of carbonyl (C=O) groups is 1. The Kier molecular flexibility index (Phi) is 6.56. The Morgan fingerprint density at radius 3 is 2.66 bits per heavy atom. The third kappa shape index (κ3) is 5.37. The summed E-state index contributed by atoms with van der Waals surface area (Å²) in [6, 6.07) is 15.7. The second-order valence-electron chi connectivity index (χ2n) is 7.39. The number of anilines is 1. The number of hydrogen-bond acceptors (Lipinski definition) is 5. The molecule has 0 aliphatic heterocycles. The SMILES string of the molecule is CC(=Cc1ccccc1)C(=O)Nc1ccc2nc(C(=N)CC(C)N(C)C)sc2c1. The van der Waals surface area contributed by atoms with Gasteiger partial charge < -0.3 is 15.6 Å². The quantitative estimate of drug-likeness (QED) is 0.426. The predicted molar refractivity (Wildman–Crippen MR) is 123 cm³/mol. The Balaban J connectivity index is 1.73. The fraction of sp³-hybridized carbons (Fsp3) is 0.261. The molecule has 0 aliphatic rings. The number of aromatic nitrogens is 1. The lowest BCUT2D eigenvalue weighted by Gasteiger charge is -2.19. The van der Waals surface area contributed by atoms with E-state index in [0.717, 1.165) is 26.5 Å². The number of benzene rings is 2. The van der Waals surface area contributed by atoms with E-state index in [0.29, 0.717) is 17.7 Å². The third-order valence-electron chi connectivity index (χ3n) is 4.83. The van der Waals surface area contributed by atoms with Crippen molar-refractivity contribution in [3.8, 4) is 0 Å². The largest absolute Gasteiger partial charge is 0.322 e. The summed E-state index contributed by atoms with van der Waals surface area (Å²) in [6.07, 6.45) is 2.52. The molecule has 1 unspecified atom stereocenters. The van der Waals surface area contributed by atoms with Crippen LogP contribution in [0, 0.1) is 5.41 Å². The number of hydrogen-bond donors (Lipinski definition) is 2. The Labute approximate surface area is 175 Å². The van der Waals surface area contributed by atoms with Crippen LogP contribution in [0.4, 0.5) is 5.69 Å². The molecule has 1 aromatic heterocycles. The van der Waals surface area contributed by atoms with Crippen molar-refractivity contribution >= 4 is 44.9 Å². The van der Waals surface area contributed by atoms with Crippen molar-refractivity contribution < 1.29 is 4.79 Å². The average Bonchev–Trinajstić information content (AvgIpc) is 3.12. The maximum atomic E-state index is 12.5. The van der Waals surface area contributed by atoms with Crippen LogP contribution in [-0.4, -0.2) is 41.6 Å². The molecule has 0 fully saturated rings. The van der Waals surface area contributed by atoms with Gasteiger partial charge in [0.1, 0.15) is 5.01 Å². The summed E-state index contributed by atoms with van der Waals surface area (Å²) < 4.78 is 0.963. The predicted octanol–water partition coefficient (Wildman–Crippen LogP) is 5.05. The summed E-state index contributed by atoms with van der Waals surface area (Å²) in [5, 5.41) is 12.0. The van der Waals surface area contributed by atoms with Gasteiger partial charge >= 0.3 is 0 Å². The highest BCUT2D eigenvalue weighted by atomic mass is 32.1. The zero-order valence-corrected chi connectivity index (χ0v) is 18.0. The summed E-state index contributed by atoms with van der Waals surface area (Å²) in [7, 11) is 4.03. The lowest BCUT2D eigenvalue weighted by molar-refractivity contribution is -0.112. The first-order valence-electron chi connectivity index (χ1n) is 9.53. The van der Waals surface area contributed by atoms with Gasteiger partial charge in [-0.15, -0.1) is 11.3 Å². The van der Waals surface area contributed by atoms with Crippen LogP contribution in [0.2, 0.25) is 0 Å². The van der Waals surface area contributed by atoms with Gasteiger partial charge in [-0.1, -0.05) is 30.3 Å². The maximum absolute atomic E-state index is 12.5. The van der Waals surface area contributed by atoms with E-state index in [4.69, 9.17) is 5.41 Å². The van der Waals surface area contributed by atoms with Gasteiger partial charge in [-0.25, -0.2) is 4.98 Å². The van der Waals surface area contributed by atoms with Gasteiger partial charge in [-0.3, -0.25) is 4.79 Å². The number of rotatable bonds is 7. The molecule has 5 nitrogen and oxygen atoms in total. The second kappa shape index (κ2) is 9.11. The van der Waals surface area contributed by atoms with E-state index in [-0.39, 0.29) is 11.9 Å². The minimum absolute atomic E-state index is 0.134. The van der Waals surface area contributed by atoms with Gasteiger partial charge in [0.05, 0.1) is 15.9 Å². The first kappa shape index (κ1) is 20.9. The van der Waals surface area contributed by atoms with Gasteiger partial charge in [0.2, 0.25) is 0 Å². The van der Waals surface area contributed by atoms with E-state index in [1.54, 1.807) is 6.92 Å². The van der Waals surface area contributed by atoms with Gasteiger partial charge in [0.25, 0.3) is 5.91 Å². The highest BCUT2D eigenvalue weighted by Gasteiger charge is 2.14. The monoisotopic (exact) mass is 406 g/mol. The number of carbonyl (C=O) groups excluding carboxylic acids is 1. The van der Waals surface area contributed by atoms with E-state index in [1.807, 2.05) is 68.7 Å². The first-order chi connectivity index (χ1) is 13.8. The molecule has 0 aliphatic carbocycles. The first-order valence-corrected chi connectivity index (χ1v) is 10.3. The van der Waals surface area contributed by atoms with Crippen LogP contribution in [0.25, 0.3) is 16.3 Å². The van der Waals surface area contributed by atoms with Crippen LogP contribution in [0.1, 0.15) is 30.8 Å². The molecule has 150 valence electrons. The molecule has 1 amide bonds. The molecule has 1 atom stereocenters. The summed E-state index contributed by atoms with van der Waals surface area (Å²) in [6.45, 7) is 3.90. The van der Waals surface area contributed by atoms with Crippen molar-refractivity contribution in [2.75, 3.05) is 19.4 Å². The molecule has 0 bridgehead atoms. The lowest BCUT2D eigenvalue weighted by atomic mass is 10.1. The van der Waals surface area contributed by atoms with Crippen molar-refractivity contribution in [2.45, 2.75) is 26.3 Å². The van der Waals surface area contributed by atoms with E-state index >= 15 is 0 Å². The van der Waals surface area contributed by atoms with Crippen LogP contribution < -0.4 is 5.32 Å². The molecule has 0 saturated carbocycles. The summed E-state index contributed by atoms with van der Waals surface area (Å²) in [5.74, 6) is -0.134. The molecule has 3 rings (SSSR count). The van der Waals surface area contributed by atoms with E-state index < -0.39 is 0 Å². The highest BCUT2D eigenvalue weighted by Crippen LogP contribution is 2.27. The van der Waals surface area contributed by atoms with Crippen molar-refractivity contribution in [1.82, 2.24) is 9.88 Å². The molecule has 2 N–H and O–H groups in total. The second-order valence-corrected chi connectivity index (χ2v) is 8.42. The molecule has 0 radical (unpaired) electrons. The fourth-order valence-corrected chi connectivity index (χ4v) is 3.75. The zero-order chi connectivity index (χ0) is 21.0. The number of thiazole rings is 1. The van der Waals surface area contributed by atoms with Crippen molar-refractivity contribution in [1.29, 1.82) is 5.41 Å². The minimum atomic E-state index is -0.134. The standard InChI is InChI=1S/C23H26N4OS/c1-15(12-17-8-6-5-7-9-17)22(28)25-18-10-11-20-21(14-18)29-23(26-20)19(24)13-16(2)27(3)4/h5-12,14,16,24H,13H2,1-4H3,(H,25,28). The van der Waals surface area contributed by atoms with E-state index in [1.165, 1.54) is 11.3 Å². The van der Waals surface area contributed by atoms with Gasteiger partial charge in [-0.05, 0) is 57.8 Å². The normalized spacial score (nSPS) is 12.9. The molecule has 29 heavy (non-hydrogen) atoms. The Morgan fingerprint density at radius 2 is 1.97 bits per heavy atom. The molecular weight excluding hydrogens is 380 g/mol. The highest BCUT2D eigenvalue weighted by molar-refractivity contribution is 7.20. The molecular formula is C23H26N4OS. The number of nitrogens with zero attached hydrogens (tertiary/aromatic N) is 2. The number of fused-ring (bicyclic) bond motifs is 1. The van der Waals surface area contributed by atoms with Crippen molar-refractivity contribution in [3.63, 3.8) is 0 Å². The number of nitrogens with one attached hydrogen (secondary N) is 2. The maximum Gasteiger partial charge on any atom is 0.251 e. The summed E-state index contributed by atoms with van der Waals surface area (Å²) in [4.78, 5) is 19.2. The Bertz CT molecular complexity index is 1050. The van der Waals surface area contributed by atoms with Crippen LogP contribution in [0.3, 0.4) is 0 Å². The zero-order valence-electron chi connectivity index (χ0n) is 17.2. The van der Waals surface area contributed by atoms with Gasteiger partial charge in [0, 0.05) is 23.7 Å². The Morgan fingerprint density at radius 1 is 1.24 bits per heavy atom. The third-order valence-corrected chi connectivity index (χ3v) is 5.90. The summed E-state index contributed by atoms with van der Waals surface area (Å²) in [5.41, 5.74) is 3.75. The van der Waals surface area contributed by atoms with Crippen LogP contribution in [0.15, 0.2) is 54.1 Å². The average molecular weight is 407 g/mol. The van der Waals surface area contributed by atoms with Crippen molar-refractivity contribution in [3.05, 3.63) is 64.7 Å². The van der Waals surface area contributed by atoms with Gasteiger partial charge in [-0.2, -0.15) is 0 Å². The lowest BCUT2D eigenvalue weighted by Crippen LogP contribution is -2.27. The van der Waals surface area contributed by atoms with Crippen LogP contribution in [-0.2, 0) is 4.79 Å². The smallest absolute Gasteiger partial charge is 0.251 e. The Hall–Kier alpha value is -2.83.